The van der Waals surface area contributed by atoms with Crippen LogP contribution in [0.15, 0.2) is 66.7 Å². The van der Waals surface area contributed by atoms with Gasteiger partial charge in [-0.15, -0.1) is 13.2 Å². The Kier molecular flexibility index (Phi) is 12.0. The molecule has 0 bridgehead atoms. The second-order valence-electron chi connectivity index (χ2n) is 13.7. The minimum absolute atomic E-state index is 0.0400. The largest absolute Gasteiger partial charge is 0.573 e. The van der Waals surface area contributed by atoms with Crippen molar-refractivity contribution in [3.05, 3.63) is 94.8 Å². The number of hydrogen-bond donors (Lipinski definition) is 0. The second-order valence-corrected chi connectivity index (χ2v) is 15.2. The SMILES string of the molecule is COC(=O)c1ccc(-c2cc(OC(F)(F)F)ccc2F)c(C2=CCCC2(C)C)c1.COC(=O)c1ccc(OS(=O)(=O)C(F)(F)F)c(C2=CCCC2(C)C)c1. The van der Waals surface area contributed by atoms with Crippen molar-refractivity contribution in [2.45, 2.75) is 65.2 Å². The average molecular weight is 787 g/mol. The highest BCUT2D eigenvalue weighted by Crippen LogP contribution is 2.49. The number of rotatable bonds is 8. The summed E-state index contributed by atoms with van der Waals surface area (Å²) in [4.78, 5) is 23.7. The molecule has 0 atom stereocenters. The van der Waals surface area contributed by atoms with E-state index in [0.29, 0.717) is 23.1 Å². The lowest BCUT2D eigenvalue weighted by Gasteiger charge is -2.25. The smallest absolute Gasteiger partial charge is 0.465 e. The average Bonchev–Trinajstić information content (AvgIpc) is 3.62. The minimum atomic E-state index is -5.82. The molecule has 0 fully saturated rings. The lowest BCUT2D eigenvalue weighted by molar-refractivity contribution is -0.274. The third-order valence-electron chi connectivity index (χ3n) is 9.06. The summed E-state index contributed by atoms with van der Waals surface area (Å²) in [5.74, 6) is -2.93. The molecule has 0 aliphatic heterocycles. The predicted molar refractivity (Wildman–Crippen MR) is 185 cm³/mol. The molecule has 5 rings (SSSR count). The summed E-state index contributed by atoms with van der Waals surface area (Å²) in [6, 6.07) is 10.9. The van der Waals surface area contributed by atoms with Crippen LogP contribution in [-0.2, 0) is 19.6 Å². The molecule has 0 aromatic heterocycles. The molecule has 16 heteroatoms. The Hall–Kier alpha value is -4.86. The van der Waals surface area contributed by atoms with Gasteiger partial charge in [0, 0.05) is 11.1 Å². The van der Waals surface area contributed by atoms with E-state index in [4.69, 9.17) is 4.74 Å². The van der Waals surface area contributed by atoms with Crippen LogP contribution in [0.3, 0.4) is 0 Å². The molecule has 0 radical (unpaired) electrons. The fourth-order valence-corrected chi connectivity index (χ4v) is 6.78. The maximum Gasteiger partial charge on any atom is 0.573 e. The van der Waals surface area contributed by atoms with Crippen LogP contribution >= 0.6 is 0 Å². The van der Waals surface area contributed by atoms with Gasteiger partial charge in [0.15, 0.2) is 5.75 Å². The Morgan fingerprint density at radius 2 is 1.17 bits per heavy atom. The first-order valence-electron chi connectivity index (χ1n) is 16.3. The summed E-state index contributed by atoms with van der Waals surface area (Å²) in [5.41, 5.74) is -3.27. The van der Waals surface area contributed by atoms with Crippen molar-refractivity contribution in [3.8, 4) is 22.6 Å². The maximum atomic E-state index is 14.6. The maximum absolute atomic E-state index is 14.6. The van der Waals surface area contributed by atoms with Crippen LogP contribution in [0.25, 0.3) is 22.3 Å². The number of benzene rings is 3. The van der Waals surface area contributed by atoms with E-state index >= 15 is 0 Å². The van der Waals surface area contributed by atoms with Crippen LogP contribution in [0, 0.1) is 16.6 Å². The van der Waals surface area contributed by atoms with Gasteiger partial charge in [0.25, 0.3) is 0 Å². The van der Waals surface area contributed by atoms with Gasteiger partial charge < -0.3 is 18.4 Å². The lowest BCUT2D eigenvalue weighted by Crippen LogP contribution is -2.28. The van der Waals surface area contributed by atoms with Gasteiger partial charge in [-0.2, -0.15) is 21.6 Å². The van der Waals surface area contributed by atoms with Gasteiger partial charge in [0.05, 0.1) is 25.3 Å². The van der Waals surface area contributed by atoms with Crippen LogP contribution in [0.4, 0.5) is 30.7 Å². The molecule has 0 N–H and O–H groups in total. The number of hydrogen-bond acceptors (Lipinski definition) is 8. The van der Waals surface area contributed by atoms with E-state index in [1.165, 1.54) is 32.4 Å². The van der Waals surface area contributed by atoms with E-state index in [2.05, 4.69) is 13.7 Å². The topological polar surface area (TPSA) is 105 Å². The summed E-state index contributed by atoms with van der Waals surface area (Å²) >= 11 is 0. The van der Waals surface area contributed by atoms with Crippen molar-refractivity contribution in [1.82, 2.24) is 0 Å². The lowest BCUT2D eigenvalue weighted by atomic mass is 9.79. The zero-order valence-electron chi connectivity index (χ0n) is 30.0. The summed E-state index contributed by atoms with van der Waals surface area (Å²) in [5, 5.41) is 0. The molecular formula is C38H37F7O8S. The van der Waals surface area contributed by atoms with Crippen LogP contribution in [0.5, 0.6) is 11.5 Å². The van der Waals surface area contributed by atoms with Crippen molar-refractivity contribution in [2.75, 3.05) is 14.2 Å². The quantitative estimate of drug-likeness (QED) is 0.0962. The van der Waals surface area contributed by atoms with Crippen LogP contribution < -0.4 is 8.92 Å². The molecule has 0 saturated heterocycles. The molecule has 3 aromatic carbocycles. The molecule has 3 aromatic rings. The van der Waals surface area contributed by atoms with E-state index in [0.717, 1.165) is 55.2 Å². The summed E-state index contributed by atoms with van der Waals surface area (Å²) in [6.45, 7) is 7.80. The first-order chi connectivity index (χ1) is 24.9. The normalized spacial score (nSPS) is 16.4. The van der Waals surface area contributed by atoms with E-state index in [1.54, 1.807) is 12.1 Å². The fraction of sp³-hybridized carbons (Fsp3) is 0.368. The number of methoxy groups -OCH3 is 2. The van der Waals surface area contributed by atoms with Crippen molar-refractivity contribution < 1.29 is 67.1 Å². The zero-order valence-corrected chi connectivity index (χ0v) is 30.8. The zero-order chi connectivity index (χ0) is 40.4. The molecule has 0 heterocycles. The van der Waals surface area contributed by atoms with Crippen molar-refractivity contribution >= 4 is 33.2 Å². The molecule has 2 aliphatic carbocycles. The number of alkyl halides is 6. The standard InChI is InChI=1S/C22H20F4O3.C16H17F3O5S/c1-21(2)10-4-5-18(21)16-11-13(20(27)28-3)6-8-15(16)17-12-14(7-9-19(17)23)29-22(24,25)26;1-15(2)8-4-5-12(15)11-9-10(14(20)23-3)6-7-13(11)24-25(21,22)16(17,18)19/h5-9,11-12H,4,10H2,1-3H3;5-7,9H,4,8H2,1-3H3. The summed E-state index contributed by atoms with van der Waals surface area (Å²) in [6.07, 6.45) is 2.00. The van der Waals surface area contributed by atoms with Gasteiger partial charge in [-0.1, -0.05) is 45.9 Å². The Morgan fingerprint density at radius 1 is 0.667 bits per heavy atom. The number of carbonyl (C=O) groups excluding carboxylic acids is 2. The Bertz CT molecular complexity index is 2100. The van der Waals surface area contributed by atoms with Crippen molar-refractivity contribution in [1.29, 1.82) is 0 Å². The van der Waals surface area contributed by atoms with Gasteiger partial charge in [0.2, 0.25) is 0 Å². The number of carbonyl (C=O) groups is 2. The Balaban J connectivity index is 0.000000244. The fourth-order valence-electron chi connectivity index (χ4n) is 6.30. The van der Waals surface area contributed by atoms with Crippen molar-refractivity contribution in [2.24, 2.45) is 10.8 Å². The first kappa shape index (κ1) is 41.9. The van der Waals surface area contributed by atoms with Crippen LogP contribution in [0.1, 0.15) is 85.2 Å². The molecule has 8 nitrogen and oxygen atoms in total. The van der Waals surface area contributed by atoms with Crippen molar-refractivity contribution in [3.63, 3.8) is 0 Å². The molecule has 0 amide bonds. The molecule has 0 spiro atoms. The van der Waals surface area contributed by atoms with Gasteiger partial charge in [-0.05, 0) is 107 Å². The van der Waals surface area contributed by atoms with Gasteiger partial charge in [-0.3, -0.25) is 0 Å². The highest BCUT2D eigenvalue weighted by Gasteiger charge is 2.49. The molecule has 0 saturated carbocycles. The highest BCUT2D eigenvalue weighted by molar-refractivity contribution is 7.88. The third-order valence-corrected chi connectivity index (χ3v) is 10.0. The predicted octanol–water partition coefficient (Wildman–Crippen LogP) is 10.3. The highest BCUT2D eigenvalue weighted by atomic mass is 32.2. The minimum Gasteiger partial charge on any atom is -0.465 e. The molecule has 54 heavy (non-hydrogen) atoms. The molecule has 2 aliphatic rings. The van der Waals surface area contributed by atoms with Gasteiger partial charge >= 0.3 is 33.9 Å². The van der Waals surface area contributed by atoms with E-state index in [9.17, 15) is 48.7 Å². The van der Waals surface area contributed by atoms with Gasteiger partial charge in [0.1, 0.15) is 11.6 Å². The number of ether oxygens (including phenoxy) is 3. The first-order valence-corrected chi connectivity index (χ1v) is 17.7. The Morgan fingerprint density at radius 3 is 1.63 bits per heavy atom. The van der Waals surface area contributed by atoms with E-state index < -0.39 is 56.7 Å². The Labute approximate surface area is 307 Å². The molecular weight excluding hydrogens is 749 g/mol. The summed E-state index contributed by atoms with van der Waals surface area (Å²) in [7, 11) is -3.40. The summed E-state index contributed by atoms with van der Waals surface area (Å²) < 4.78 is 131. The molecule has 0 unspecified atom stereocenters. The molecule has 292 valence electrons. The van der Waals surface area contributed by atoms with Crippen LogP contribution in [0.2, 0.25) is 0 Å². The number of allylic oxidation sites excluding steroid dienone is 4. The van der Waals surface area contributed by atoms with Crippen LogP contribution in [-0.4, -0.2) is 46.4 Å². The monoisotopic (exact) mass is 786 g/mol. The van der Waals surface area contributed by atoms with E-state index in [1.807, 2.05) is 33.8 Å². The second kappa shape index (κ2) is 15.5. The third kappa shape index (κ3) is 9.43. The van der Waals surface area contributed by atoms with E-state index in [-0.39, 0.29) is 27.7 Å². The van der Waals surface area contributed by atoms with Gasteiger partial charge in [-0.25, -0.2) is 14.0 Å². The number of halogens is 7. The number of esters is 2.